The predicted octanol–water partition coefficient (Wildman–Crippen LogP) is 1.55. The van der Waals surface area contributed by atoms with E-state index in [4.69, 9.17) is 12.2 Å². The summed E-state index contributed by atoms with van der Waals surface area (Å²) in [5, 5.41) is 0. The first kappa shape index (κ1) is 12.5. The number of hydrogen-bond donors (Lipinski definition) is 1. The molecule has 0 aromatic carbocycles. The number of nitrogens with zero attached hydrogens (tertiary/aromatic N) is 2. The van der Waals surface area contributed by atoms with Gasteiger partial charge in [-0.05, 0) is 25.1 Å². The summed E-state index contributed by atoms with van der Waals surface area (Å²) in [7, 11) is 0. The van der Waals surface area contributed by atoms with Crippen molar-refractivity contribution >= 4 is 5.69 Å². The number of rotatable bonds is 6. The van der Waals surface area contributed by atoms with Crippen LogP contribution in [0, 0.1) is 12.3 Å². The molecular formula is C13H19N3. The van der Waals surface area contributed by atoms with Crippen LogP contribution in [0.15, 0.2) is 18.3 Å². The lowest BCUT2D eigenvalue weighted by Gasteiger charge is -2.18. The van der Waals surface area contributed by atoms with Gasteiger partial charge in [0.1, 0.15) is 0 Å². The van der Waals surface area contributed by atoms with Crippen LogP contribution < -0.4 is 5.73 Å². The number of anilines is 1. The Morgan fingerprint density at radius 1 is 1.44 bits per heavy atom. The molecule has 0 spiro atoms. The number of nitrogens with two attached hydrogens (primary N) is 1. The largest absolute Gasteiger partial charge is 0.397 e. The Hall–Kier alpha value is -1.53. The minimum atomic E-state index is 0.706. The molecule has 2 N–H and O–H groups in total. The summed E-state index contributed by atoms with van der Waals surface area (Å²) >= 11 is 0. The van der Waals surface area contributed by atoms with E-state index < -0.39 is 0 Å². The highest BCUT2D eigenvalue weighted by atomic mass is 15.1. The second-order valence-electron chi connectivity index (χ2n) is 3.81. The molecule has 0 unspecified atom stereocenters. The molecule has 16 heavy (non-hydrogen) atoms. The third-order valence-electron chi connectivity index (χ3n) is 2.39. The fourth-order valence-corrected chi connectivity index (χ4v) is 1.57. The minimum Gasteiger partial charge on any atom is -0.397 e. The molecule has 0 amide bonds. The highest BCUT2D eigenvalue weighted by Gasteiger charge is 2.02. The molecule has 0 saturated heterocycles. The van der Waals surface area contributed by atoms with E-state index in [2.05, 4.69) is 22.7 Å². The van der Waals surface area contributed by atoms with E-state index in [1.807, 2.05) is 12.1 Å². The van der Waals surface area contributed by atoms with Gasteiger partial charge in [-0.1, -0.05) is 12.8 Å². The highest BCUT2D eigenvalue weighted by molar-refractivity contribution is 5.34. The molecule has 3 heteroatoms. The van der Waals surface area contributed by atoms with Crippen LogP contribution in [0.25, 0.3) is 0 Å². The van der Waals surface area contributed by atoms with Crippen LogP contribution in [0.4, 0.5) is 5.69 Å². The first-order valence-electron chi connectivity index (χ1n) is 5.62. The smallest absolute Gasteiger partial charge is 0.0599 e. The second kappa shape index (κ2) is 6.86. The Kier molecular flexibility index (Phi) is 5.38. The number of terminal acetylenes is 1. The summed E-state index contributed by atoms with van der Waals surface area (Å²) in [6.45, 7) is 4.86. The molecule has 1 heterocycles. The zero-order chi connectivity index (χ0) is 11.8. The van der Waals surface area contributed by atoms with Crippen LogP contribution in [0.2, 0.25) is 0 Å². The van der Waals surface area contributed by atoms with Gasteiger partial charge in [0.05, 0.1) is 18.4 Å². The Labute approximate surface area is 97.7 Å². The van der Waals surface area contributed by atoms with Gasteiger partial charge in [-0.15, -0.1) is 6.42 Å². The molecule has 1 rings (SSSR count). The monoisotopic (exact) mass is 217 g/mol. The maximum absolute atomic E-state index is 5.58. The SMILES string of the molecule is C#CCN(CCC)CCc1ccc(N)cn1. The van der Waals surface area contributed by atoms with Crippen molar-refractivity contribution in [3.05, 3.63) is 24.0 Å². The van der Waals surface area contributed by atoms with Crippen molar-refractivity contribution in [3.8, 4) is 12.3 Å². The van der Waals surface area contributed by atoms with Gasteiger partial charge in [0.2, 0.25) is 0 Å². The second-order valence-corrected chi connectivity index (χ2v) is 3.81. The molecule has 1 aromatic rings. The quantitative estimate of drug-likeness (QED) is 0.735. The fourth-order valence-electron chi connectivity index (χ4n) is 1.57. The molecule has 1 aromatic heterocycles. The van der Waals surface area contributed by atoms with Crippen molar-refractivity contribution in [2.24, 2.45) is 0 Å². The Balaban J connectivity index is 2.42. The molecule has 86 valence electrons. The van der Waals surface area contributed by atoms with Gasteiger partial charge >= 0.3 is 0 Å². The van der Waals surface area contributed by atoms with Crippen LogP contribution in [-0.2, 0) is 6.42 Å². The first-order valence-corrected chi connectivity index (χ1v) is 5.62. The lowest BCUT2D eigenvalue weighted by Crippen LogP contribution is -2.27. The van der Waals surface area contributed by atoms with Gasteiger partial charge in [-0.3, -0.25) is 9.88 Å². The van der Waals surface area contributed by atoms with E-state index in [1.54, 1.807) is 6.20 Å². The topological polar surface area (TPSA) is 42.1 Å². The lowest BCUT2D eigenvalue weighted by atomic mass is 10.2. The standard InChI is InChI=1S/C13H19N3/c1-3-8-16(9-4-2)10-7-13-6-5-12(14)11-15-13/h1,5-6,11H,4,7-10,14H2,2H3. The van der Waals surface area contributed by atoms with E-state index in [9.17, 15) is 0 Å². The molecule has 0 radical (unpaired) electrons. The number of nitrogen functional groups attached to an aromatic ring is 1. The van der Waals surface area contributed by atoms with Gasteiger partial charge < -0.3 is 5.73 Å². The zero-order valence-electron chi connectivity index (χ0n) is 9.82. The first-order chi connectivity index (χ1) is 7.76. The molecule has 0 saturated carbocycles. The van der Waals surface area contributed by atoms with E-state index in [0.29, 0.717) is 12.2 Å². The Morgan fingerprint density at radius 3 is 2.81 bits per heavy atom. The van der Waals surface area contributed by atoms with Crippen molar-refractivity contribution < 1.29 is 0 Å². The van der Waals surface area contributed by atoms with Gasteiger partial charge in [-0.2, -0.15) is 0 Å². The predicted molar refractivity (Wildman–Crippen MR) is 67.9 cm³/mol. The van der Waals surface area contributed by atoms with Crippen LogP contribution >= 0.6 is 0 Å². The average molecular weight is 217 g/mol. The number of aromatic nitrogens is 1. The van der Waals surface area contributed by atoms with Crippen LogP contribution in [0.1, 0.15) is 19.0 Å². The highest BCUT2D eigenvalue weighted by Crippen LogP contribution is 2.03. The van der Waals surface area contributed by atoms with Gasteiger partial charge in [0.15, 0.2) is 0 Å². The van der Waals surface area contributed by atoms with Crippen molar-refractivity contribution in [1.82, 2.24) is 9.88 Å². The third-order valence-corrected chi connectivity index (χ3v) is 2.39. The normalized spacial score (nSPS) is 10.3. The molecular weight excluding hydrogens is 198 g/mol. The van der Waals surface area contributed by atoms with Crippen LogP contribution in [0.5, 0.6) is 0 Å². The Bertz CT molecular complexity index is 337. The summed E-state index contributed by atoms with van der Waals surface area (Å²) in [4.78, 5) is 6.53. The molecule has 0 bridgehead atoms. The van der Waals surface area contributed by atoms with Gasteiger partial charge in [0.25, 0.3) is 0 Å². The number of pyridine rings is 1. The van der Waals surface area contributed by atoms with Crippen LogP contribution in [-0.4, -0.2) is 29.5 Å². The lowest BCUT2D eigenvalue weighted by molar-refractivity contribution is 0.310. The zero-order valence-corrected chi connectivity index (χ0v) is 9.82. The van der Waals surface area contributed by atoms with E-state index in [1.165, 1.54) is 0 Å². The third kappa shape index (κ3) is 4.33. The van der Waals surface area contributed by atoms with E-state index in [0.717, 1.165) is 31.6 Å². The Morgan fingerprint density at radius 2 is 2.25 bits per heavy atom. The van der Waals surface area contributed by atoms with Crippen molar-refractivity contribution in [3.63, 3.8) is 0 Å². The van der Waals surface area contributed by atoms with Crippen LogP contribution in [0.3, 0.4) is 0 Å². The number of hydrogen-bond acceptors (Lipinski definition) is 3. The molecule has 0 atom stereocenters. The summed E-state index contributed by atoms with van der Waals surface area (Å²) in [5.41, 5.74) is 7.35. The summed E-state index contributed by atoms with van der Waals surface area (Å²) in [6, 6.07) is 3.85. The minimum absolute atomic E-state index is 0.706. The molecule has 0 aliphatic rings. The molecule has 0 fully saturated rings. The molecule has 0 aliphatic heterocycles. The van der Waals surface area contributed by atoms with Crippen molar-refractivity contribution in [2.45, 2.75) is 19.8 Å². The summed E-state index contributed by atoms with van der Waals surface area (Å²) < 4.78 is 0. The maximum atomic E-state index is 5.58. The van der Waals surface area contributed by atoms with Gasteiger partial charge in [-0.25, -0.2) is 0 Å². The van der Waals surface area contributed by atoms with E-state index >= 15 is 0 Å². The maximum Gasteiger partial charge on any atom is 0.0599 e. The molecule has 0 aliphatic carbocycles. The fraction of sp³-hybridized carbons (Fsp3) is 0.462. The van der Waals surface area contributed by atoms with Gasteiger partial charge in [0, 0.05) is 18.7 Å². The van der Waals surface area contributed by atoms with Crippen molar-refractivity contribution in [1.29, 1.82) is 0 Å². The van der Waals surface area contributed by atoms with E-state index in [-0.39, 0.29) is 0 Å². The average Bonchev–Trinajstić information content (AvgIpc) is 2.29. The summed E-state index contributed by atoms with van der Waals surface area (Å²) in [6.07, 6.45) is 9.06. The summed E-state index contributed by atoms with van der Waals surface area (Å²) in [5.74, 6) is 2.68. The molecule has 3 nitrogen and oxygen atoms in total. The van der Waals surface area contributed by atoms with Crippen molar-refractivity contribution in [2.75, 3.05) is 25.4 Å².